The molecule has 0 spiro atoms. The van der Waals surface area contributed by atoms with Crippen molar-refractivity contribution in [2.75, 3.05) is 36.9 Å². The van der Waals surface area contributed by atoms with Crippen LogP contribution in [-0.2, 0) is 11.2 Å². The Morgan fingerprint density at radius 3 is 2.50 bits per heavy atom. The molecule has 0 saturated heterocycles. The standard InChI is InChI=1S/C15H22Cl2N2O3/c1-22-14-3-2-13(19(6-4-16)7-5-17)9-11(14)8-12(18)10-15(20)21/h2-3,9,12H,4-8,10,18H2,1H3,(H,20,21)/t12-/m0/s1. The molecule has 1 rings (SSSR count). The molecule has 0 amide bonds. The second-order valence-corrected chi connectivity index (χ2v) is 5.68. The van der Waals surface area contributed by atoms with Gasteiger partial charge >= 0.3 is 5.97 Å². The summed E-state index contributed by atoms with van der Waals surface area (Å²) >= 11 is 11.7. The first-order chi connectivity index (χ1) is 10.5. The summed E-state index contributed by atoms with van der Waals surface area (Å²) in [5, 5.41) is 8.82. The van der Waals surface area contributed by atoms with Crippen molar-refractivity contribution in [1.82, 2.24) is 0 Å². The van der Waals surface area contributed by atoms with Crippen molar-refractivity contribution in [2.24, 2.45) is 5.73 Å². The van der Waals surface area contributed by atoms with Gasteiger partial charge in [0.25, 0.3) is 0 Å². The third-order valence-electron chi connectivity index (χ3n) is 3.26. The highest BCUT2D eigenvalue weighted by atomic mass is 35.5. The maximum atomic E-state index is 10.8. The highest BCUT2D eigenvalue weighted by Gasteiger charge is 2.14. The van der Waals surface area contributed by atoms with Crippen LogP contribution in [0.2, 0.25) is 0 Å². The Bertz CT molecular complexity index is 480. The second kappa shape index (κ2) is 9.77. The monoisotopic (exact) mass is 348 g/mol. The van der Waals surface area contributed by atoms with Crippen molar-refractivity contribution < 1.29 is 14.6 Å². The van der Waals surface area contributed by atoms with Gasteiger partial charge in [0.2, 0.25) is 0 Å². The number of aliphatic carboxylic acids is 1. The van der Waals surface area contributed by atoms with Gasteiger partial charge in [-0.15, -0.1) is 23.2 Å². The fourth-order valence-corrected chi connectivity index (χ4v) is 2.68. The van der Waals surface area contributed by atoms with Crippen molar-refractivity contribution >= 4 is 34.9 Å². The number of halogens is 2. The first-order valence-corrected chi connectivity index (χ1v) is 8.09. The summed E-state index contributed by atoms with van der Waals surface area (Å²) in [6.45, 7) is 1.36. The van der Waals surface area contributed by atoms with Crippen molar-refractivity contribution in [1.29, 1.82) is 0 Å². The molecule has 0 fully saturated rings. The predicted molar refractivity (Wildman–Crippen MR) is 90.6 cm³/mol. The molecule has 5 nitrogen and oxygen atoms in total. The van der Waals surface area contributed by atoms with Crippen LogP contribution in [0, 0.1) is 0 Å². The Labute approximate surface area is 140 Å². The Kier molecular flexibility index (Phi) is 8.38. The molecular weight excluding hydrogens is 327 g/mol. The number of carboxylic acids is 1. The summed E-state index contributed by atoms with van der Waals surface area (Å²) < 4.78 is 5.33. The zero-order valence-corrected chi connectivity index (χ0v) is 14.1. The number of carbonyl (C=O) groups is 1. The highest BCUT2D eigenvalue weighted by molar-refractivity contribution is 6.18. The van der Waals surface area contributed by atoms with E-state index in [0.29, 0.717) is 37.0 Å². The molecule has 0 aliphatic heterocycles. The molecular formula is C15H22Cl2N2O3. The van der Waals surface area contributed by atoms with Gasteiger partial charge in [-0.25, -0.2) is 0 Å². The van der Waals surface area contributed by atoms with Gasteiger partial charge in [-0.2, -0.15) is 0 Å². The lowest BCUT2D eigenvalue weighted by Gasteiger charge is -2.24. The summed E-state index contributed by atoms with van der Waals surface area (Å²) in [5.41, 5.74) is 7.73. The molecule has 0 aromatic heterocycles. The average Bonchev–Trinajstić information content (AvgIpc) is 2.46. The number of nitrogens with two attached hydrogens (primary N) is 1. The molecule has 1 aromatic carbocycles. The number of methoxy groups -OCH3 is 1. The van der Waals surface area contributed by atoms with E-state index in [1.54, 1.807) is 7.11 Å². The Hall–Kier alpha value is -1.17. The summed E-state index contributed by atoms with van der Waals surface area (Å²) in [7, 11) is 1.58. The van der Waals surface area contributed by atoms with Crippen LogP contribution in [0.25, 0.3) is 0 Å². The van der Waals surface area contributed by atoms with Crippen LogP contribution in [-0.4, -0.2) is 49.1 Å². The minimum Gasteiger partial charge on any atom is -0.496 e. The molecule has 1 atom stereocenters. The van der Waals surface area contributed by atoms with Crippen LogP contribution >= 0.6 is 23.2 Å². The van der Waals surface area contributed by atoms with E-state index in [2.05, 4.69) is 4.90 Å². The molecule has 1 aromatic rings. The molecule has 0 radical (unpaired) electrons. The van der Waals surface area contributed by atoms with E-state index in [0.717, 1.165) is 11.3 Å². The van der Waals surface area contributed by atoms with E-state index in [4.69, 9.17) is 38.8 Å². The molecule has 0 unspecified atom stereocenters. The van der Waals surface area contributed by atoms with E-state index in [1.165, 1.54) is 0 Å². The van der Waals surface area contributed by atoms with Gasteiger partial charge in [-0.1, -0.05) is 0 Å². The lowest BCUT2D eigenvalue weighted by atomic mass is 10.0. The normalized spacial score (nSPS) is 12.0. The molecule has 0 aliphatic rings. The van der Waals surface area contributed by atoms with Crippen molar-refractivity contribution in [3.8, 4) is 5.75 Å². The summed E-state index contributed by atoms with van der Waals surface area (Å²) in [4.78, 5) is 12.8. The number of anilines is 1. The Morgan fingerprint density at radius 1 is 1.36 bits per heavy atom. The van der Waals surface area contributed by atoms with Gasteiger partial charge in [0.1, 0.15) is 5.75 Å². The minimum atomic E-state index is -0.909. The van der Waals surface area contributed by atoms with Gasteiger partial charge < -0.3 is 20.5 Å². The highest BCUT2D eigenvalue weighted by Crippen LogP contribution is 2.26. The number of alkyl halides is 2. The van der Waals surface area contributed by atoms with Gasteiger partial charge in [0.15, 0.2) is 0 Å². The van der Waals surface area contributed by atoms with Gasteiger partial charge in [0, 0.05) is 36.6 Å². The molecule has 0 aliphatic carbocycles. The topological polar surface area (TPSA) is 75.8 Å². The van der Waals surface area contributed by atoms with Crippen LogP contribution in [0.3, 0.4) is 0 Å². The zero-order valence-electron chi connectivity index (χ0n) is 12.6. The minimum absolute atomic E-state index is 0.0829. The smallest absolute Gasteiger partial charge is 0.304 e. The van der Waals surface area contributed by atoms with Gasteiger partial charge in [-0.05, 0) is 30.2 Å². The Balaban J connectivity index is 2.98. The maximum absolute atomic E-state index is 10.8. The lowest BCUT2D eigenvalue weighted by Crippen LogP contribution is -2.28. The van der Waals surface area contributed by atoms with Crippen LogP contribution in [0.5, 0.6) is 5.75 Å². The molecule has 0 heterocycles. The van der Waals surface area contributed by atoms with Gasteiger partial charge in [-0.3, -0.25) is 4.79 Å². The summed E-state index contributed by atoms with van der Waals surface area (Å²) in [6.07, 6.45) is 0.347. The fourth-order valence-electron chi connectivity index (χ4n) is 2.27. The summed E-state index contributed by atoms with van der Waals surface area (Å²) in [6, 6.07) is 5.29. The number of nitrogens with zero attached hydrogens (tertiary/aromatic N) is 1. The van der Waals surface area contributed by atoms with E-state index in [1.807, 2.05) is 18.2 Å². The van der Waals surface area contributed by atoms with E-state index < -0.39 is 12.0 Å². The van der Waals surface area contributed by atoms with Crippen molar-refractivity contribution in [3.63, 3.8) is 0 Å². The second-order valence-electron chi connectivity index (χ2n) is 4.92. The number of hydrogen-bond acceptors (Lipinski definition) is 4. The first kappa shape index (κ1) is 18.9. The molecule has 0 bridgehead atoms. The zero-order chi connectivity index (χ0) is 16.5. The molecule has 124 valence electrons. The van der Waals surface area contributed by atoms with Gasteiger partial charge in [0.05, 0.1) is 13.5 Å². The van der Waals surface area contributed by atoms with Crippen LogP contribution < -0.4 is 15.4 Å². The number of hydrogen-bond donors (Lipinski definition) is 2. The predicted octanol–water partition coefficient (Wildman–Crippen LogP) is 2.32. The Morgan fingerprint density at radius 2 is 2.00 bits per heavy atom. The number of rotatable bonds is 10. The average molecular weight is 349 g/mol. The van der Waals surface area contributed by atoms with E-state index >= 15 is 0 Å². The molecule has 0 saturated carbocycles. The number of carboxylic acid groups (broad SMARTS) is 1. The van der Waals surface area contributed by atoms with E-state index in [-0.39, 0.29) is 6.42 Å². The summed E-state index contributed by atoms with van der Waals surface area (Å²) in [5.74, 6) is 0.780. The first-order valence-electron chi connectivity index (χ1n) is 7.03. The maximum Gasteiger partial charge on any atom is 0.304 e. The van der Waals surface area contributed by atoms with Crippen LogP contribution in [0.4, 0.5) is 5.69 Å². The molecule has 3 N–H and O–H groups in total. The lowest BCUT2D eigenvalue weighted by molar-refractivity contribution is -0.137. The third-order valence-corrected chi connectivity index (χ3v) is 3.59. The van der Waals surface area contributed by atoms with Crippen molar-refractivity contribution in [3.05, 3.63) is 23.8 Å². The molecule has 22 heavy (non-hydrogen) atoms. The third kappa shape index (κ3) is 5.91. The largest absolute Gasteiger partial charge is 0.496 e. The van der Waals surface area contributed by atoms with Crippen LogP contribution in [0.1, 0.15) is 12.0 Å². The number of benzene rings is 1. The quantitative estimate of drug-likeness (QED) is 0.634. The molecule has 7 heteroatoms. The van der Waals surface area contributed by atoms with Crippen molar-refractivity contribution in [2.45, 2.75) is 18.9 Å². The fraction of sp³-hybridized carbons (Fsp3) is 0.533. The van der Waals surface area contributed by atoms with Crippen LogP contribution in [0.15, 0.2) is 18.2 Å². The SMILES string of the molecule is COc1ccc(N(CCCl)CCCl)cc1C[C@H](N)CC(=O)O. The number of ether oxygens (including phenoxy) is 1. The van der Waals surface area contributed by atoms with E-state index in [9.17, 15) is 4.79 Å².